The van der Waals surface area contributed by atoms with Crippen LogP contribution < -0.4 is 15.5 Å². The molecule has 7 heteroatoms. The number of anilines is 3. The van der Waals surface area contributed by atoms with Crippen molar-refractivity contribution in [2.24, 2.45) is 0 Å². The minimum Gasteiger partial charge on any atom is -0.379 e. The van der Waals surface area contributed by atoms with E-state index in [4.69, 9.17) is 4.74 Å². The van der Waals surface area contributed by atoms with Crippen LogP contribution in [0.1, 0.15) is 25.7 Å². The maximum atomic E-state index is 5.37. The molecule has 2 fully saturated rings. The van der Waals surface area contributed by atoms with Crippen LogP contribution in [0.3, 0.4) is 0 Å². The second-order valence-corrected chi connectivity index (χ2v) is 5.29. The van der Waals surface area contributed by atoms with Crippen molar-refractivity contribution in [2.75, 3.05) is 48.9 Å². The fourth-order valence-corrected chi connectivity index (χ4v) is 2.61. The van der Waals surface area contributed by atoms with E-state index in [-0.39, 0.29) is 0 Å². The number of hydrogen-bond donors (Lipinski definition) is 2. The van der Waals surface area contributed by atoms with Crippen LogP contribution >= 0.6 is 0 Å². The van der Waals surface area contributed by atoms with Gasteiger partial charge in [-0.05, 0) is 25.7 Å². The van der Waals surface area contributed by atoms with Gasteiger partial charge in [-0.1, -0.05) is 0 Å². The fraction of sp³-hybridized carbons (Fsp3) is 0.769. The van der Waals surface area contributed by atoms with Gasteiger partial charge in [-0.15, -0.1) is 0 Å². The van der Waals surface area contributed by atoms with Gasteiger partial charge in [0.2, 0.25) is 17.8 Å². The van der Waals surface area contributed by atoms with Crippen LogP contribution in [0.5, 0.6) is 0 Å². The molecule has 2 saturated heterocycles. The number of aromatic nitrogens is 3. The van der Waals surface area contributed by atoms with Gasteiger partial charge in [-0.2, -0.15) is 15.0 Å². The molecule has 0 saturated carbocycles. The van der Waals surface area contributed by atoms with Crippen molar-refractivity contribution in [3.05, 3.63) is 0 Å². The molecule has 1 atom stereocenters. The van der Waals surface area contributed by atoms with E-state index in [2.05, 4.69) is 30.5 Å². The van der Waals surface area contributed by atoms with Crippen molar-refractivity contribution in [3.8, 4) is 0 Å². The van der Waals surface area contributed by atoms with Gasteiger partial charge >= 0.3 is 0 Å². The summed E-state index contributed by atoms with van der Waals surface area (Å²) >= 11 is 0. The van der Waals surface area contributed by atoms with E-state index in [1.807, 2.05) is 7.05 Å². The van der Waals surface area contributed by atoms with E-state index in [0.29, 0.717) is 17.9 Å². The zero-order valence-electron chi connectivity index (χ0n) is 11.9. The lowest BCUT2D eigenvalue weighted by molar-refractivity contribution is 0.195. The Hall–Kier alpha value is -1.63. The summed E-state index contributed by atoms with van der Waals surface area (Å²) in [6, 6.07) is 0.302. The Labute approximate surface area is 119 Å². The summed E-state index contributed by atoms with van der Waals surface area (Å²) in [4.78, 5) is 15.7. The lowest BCUT2D eigenvalue weighted by Crippen LogP contribution is -2.32. The number of nitrogens with one attached hydrogen (secondary N) is 2. The van der Waals surface area contributed by atoms with E-state index < -0.39 is 0 Å². The molecule has 0 aromatic carbocycles. The Morgan fingerprint density at radius 3 is 2.60 bits per heavy atom. The van der Waals surface area contributed by atoms with Crippen LogP contribution in [0.25, 0.3) is 0 Å². The maximum absolute atomic E-state index is 5.37. The van der Waals surface area contributed by atoms with E-state index in [1.165, 1.54) is 19.3 Å². The topological polar surface area (TPSA) is 75.2 Å². The van der Waals surface area contributed by atoms with Crippen molar-refractivity contribution in [3.63, 3.8) is 0 Å². The van der Waals surface area contributed by atoms with Crippen molar-refractivity contribution >= 4 is 17.8 Å². The zero-order chi connectivity index (χ0) is 13.8. The molecule has 3 heterocycles. The third-order valence-corrected chi connectivity index (χ3v) is 3.75. The van der Waals surface area contributed by atoms with Gasteiger partial charge in [0.1, 0.15) is 0 Å². The SMILES string of the molecule is CNc1nc(NC2CCOC2)nc(N2CCCCC2)n1. The third-order valence-electron chi connectivity index (χ3n) is 3.75. The normalized spacial score (nSPS) is 22.9. The van der Waals surface area contributed by atoms with Crippen molar-refractivity contribution < 1.29 is 4.74 Å². The first-order valence-corrected chi connectivity index (χ1v) is 7.38. The summed E-state index contributed by atoms with van der Waals surface area (Å²) in [5.41, 5.74) is 0. The first-order chi connectivity index (χ1) is 9.85. The Kier molecular flexibility index (Phi) is 4.15. The quantitative estimate of drug-likeness (QED) is 0.854. The molecule has 1 aromatic rings. The van der Waals surface area contributed by atoms with Gasteiger partial charge in [-0.25, -0.2) is 0 Å². The van der Waals surface area contributed by atoms with Gasteiger partial charge in [0, 0.05) is 26.7 Å². The van der Waals surface area contributed by atoms with Gasteiger partial charge < -0.3 is 20.3 Å². The highest BCUT2D eigenvalue weighted by atomic mass is 16.5. The lowest BCUT2D eigenvalue weighted by Gasteiger charge is -2.27. The summed E-state index contributed by atoms with van der Waals surface area (Å²) in [5, 5.41) is 6.35. The molecule has 20 heavy (non-hydrogen) atoms. The summed E-state index contributed by atoms with van der Waals surface area (Å²) in [5.74, 6) is 2.02. The van der Waals surface area contributed by atoms with Gasteiger partial charge in [0.25, 0.3) is 0 Å². The van der Waals surface area contributed by atoms with E-state index in [1.54, 1.807) is 0 Å². The van der Waals surface area contributed by atoms with Gasteiger partial charge in [0.15, 0.2) is 0 Å². The molecular weight excluding hydrogens is 256 g/mol. The molecule has 2 N–H and O–H groups in total. The minimum absolute atomic E-state index is 0.302. The van der Waals surface area contributed by atoms with Crippen molar-refractivity contribution in [1.82, 2.24) is 15.0 Å². The Balaban J connectivity index is 1.77. The number of ether oxygens (including phenoxy) is 1. The molecule has 0 aliphatic carbocycles. The third kappa shape index (κ3) is 3.09. The summed E-state index contributed by atoms with van der Waals surface area (Å²) < 4.78 is 5.37. The molecule has 2 aliphatic rings. The molecule has 0 amide bonds. The Morgan fingerprint density at radius 2 is 1.90 bits per heavy atom. The molecule has 3 rings (SSSR count). The molecular formula is C13H22N6O. The highest BCUT2D eigenvalue weighted by Gasteiger charge is 2.19. The summed E-state index contributed by atoms with van der Waals surface area (Å²) in [6.07, 6.45) is 4.71. The van der Waals surface area contributed by atoms with E-state index in [9.17, 15) is 0 Å². The molecule has 1 aromatic heterocycles. The van der Waals surface area contributed by atoms with Crippen LogP contribution in [0.4, 0.5) is 17.8 Å². The first kappa shape index (κ1) is 13.4. The smallest absolute Gasteiger partial charge is 0.231 e. The van der Waals surface area contributed by atoms with Crippen LogP contribution in [-0.2, 0) is 4.74 Å². The standard InChI is InChI=1S/C13H22N6O/c1-14-11-16-12(15-10-5-8-20-9-10)18-13(17-11)19-6-3-2-4-7-19/h10H,2-9H2,1H3,(H2,14,15,16,17,18). The summed E-state index contributed by atoms with van der Waals surface area (Å²) in [7, 11) is 1.83. The molecule has 7 nitrogen and oxygen atoms in total. The number of piperidine rings is 1. The maximum Gasteiger partial charge on any atom is 0.231 e. The highest BCUT2D eigenvalue weighted by Crippen LogP contribution is 2.19. The van der Waals surface area contributed by atoms with Crippen LogP contribution in [0.2, 0.25) is 0 Å². The predicted molar refractivity (Wildman–Crippen MR) is 78.3 cm³/mol. The largest absolute Gasteiger partial charge is 0.379 e. The van der Waals surface area contributed by atoms with Gasteiger partial charge in [-0.3, -0.25) is 0 Å². The molecule has 0 spiro atoms. The van der Waals surface area contributed by atoms with Crippen LogP contribution in [0.15, 0.2) is 0 Å². The minimum atomic E-state index is 0.302. The number of hydrogen-bond acceptors (Lipinski definition) is 7. The van der Waals surface area contributed by atoms with Crippen LogP contribution in [-0.4, -0.2) is 54.3 Å². The second-order valence-electron chi connectivity index (χ2n) is 5.29. The average molecular weight is 278 g/mol. The van der Waals surface area contributed by atoms with E-state index in [0.717, 1.165) is 38.7 Å². The summed E-state index contributed by atoms with van der Waals surface area (Å²) in [6.45, 7) is 3.58. The van der Waals surface area contributed by atoms with Gasteiger partial charge in [0.05, 0.1) is 12.6 Å². The molecule has 110 valence electrons. The lowest BCUT2D eigenvalue weighted by atomic mass is 10.1. The average Bonchev–Trinajstić information content (AvgIpc) is 3.00. The Morgan fingerprint density at radius 1 is 1.10 bits per heavy atom. The van der Waals surface area contributed by atoms with E-state index >= 15 is 0 Å². The highest BCUT2D eigenvalue weighted by molar-refractivity contribution is 5.44. The number of rotatable bonds is 4. The first-order valence-electron chi connectivity index (χ1n) is 7.38. The van der Waals surface area contributed by atoms with Crippen molar-refractivity contribution in [1.29, 1.82) is 0 Å². The molecule has 0 radical (unpaired) electrons. The molecule has 0 bridgehead atoms. The predicted octanol–water partition coefficient (Wildman–Crippen LogP) is 1.10. The zero-order valence-corrected chi connectivity index (χ0v) is 11.9. The number of nitrogens with zero attached hydrogens (tertiary/aromatic N) is 4. The van der Waals surface area contributed by atoms with Crippen LogP contribution in [0, 0.1) is 0 Å². The molecule has 1 unspecified atom stereocenters. The van der Waals surface area contributed by atoms with Crippen molar-refractivity contribution in [2.45, 2.75) is 31.7 Å². The molecule has 2 aliphatic heterocycles. The monoisotopic (exact) mass is 278 g/mol. The Bertz CT molecular complexity index is 442. The fourth-order valence-electron chi connectivity index (χ4n) is 2.61. The second kappa shape index (κ2) is 6.21.